The third-order valence-corrected chi connectivity index (χ3v) is 3.96. The van der Waals surface area contributed by atoms with Gasteiger partial charge in [-0.25, -0.2) is 4.39 Å². The fourth-order valence-electron chi connectivity index (χ4n) is 2.16. The van der Waals surface area contributed by atoms with Crippen LogP contribution in [0.4, 0.5) is 10.1 Å². The van der Waals surface area contributed by atoms with Crippen molar-refractivity contribution in [2.45, 2.75) is 0 Å². The molecule has 0 unspecified atom stereocenters. The molecule has 2 nitrogen and oxygen atoms in total. The smallest absolute Gasteiger partial charge is 0.134 e. The van der Waals surface area contributed by atoms with Crippen LogP contribution in [0.25, 0.3) is 0 Å². The summed E-state index contributed by atoms with van der Waals surface area (Å²) in [6, 6.07) is 12.5. The van der Waals surface area contributed by atoms with E-state index in [9.17, 15) is 4.39 Å². The molecule has 2 aromatic rings. The maximum absolute atomic E-state index is 14.3. The Bertz CT molecular complexity index is 728. The lowest BCUT2D eigenvalue weighted by Gasteiger charge is -2.12. The molecular formula is C15H10BrFN2S. The molecule has 0 aromatic heterocycles. The van der Waals surface area contributed by atoms with E-state index in [2.05, 4.69) is 26.2 Å². The van der Waals surface area contributed by atoms with Crippen molar-refractivity contribution < 1.29 is 4.39 Å². The topological polar surface area (TPSA) is 24.4 Å². The predicted octanol–water partition coefficient (Wildman–Crippen LogP) is 4.18. The van der Waals surface area contributed by atoms with Crippen molar-refractivity contribution in [3.63, 3.8) is 0 Å². The van der Waals surface area contributed by atoms with Crippen LogP contribution in [0.1, 0.15) is 11.1 Å². The number of thiocarbonyl (C=S) groups is 1. The largest absolute Gasteiger partial charge is 0.348 e. The highest BCUT2D eigenvalue weighted by Crippen LogP contribution is 2.28. The SMILES string of the molecule is Fc1cccc2c1C(c1ccccc1Br)=NCC(=S)N2. The molecule has 5 heteroatoms. The number of nitrogens with one attached hydrogen (secondary N) is 1. The molecular weight excluding hydrogens is 339 g/mol. The summed E-state index contributed by atoms with van der Waals surface area (Å²) in [5, 5.41) is 3.04. The zero-order chi connectivity index (χ0) is 14.1. The van der Waals surface area contributed by atoms with E-state index >= 15 is 0 Å². The van der Waals surface area contributed by atoms with Crippen molar-refractivity contribution in [1.29, 1.82) is 0 Å². The fraction of sp³-hybridized carbons (Fsp3) is 0.0667. The molecule has 0 spiro atoms. The number of anilines is 1. The summed E-state index contributed by atoms with van der Waals surface area (Å²) < 4.78 is 15.1. The molecule has 20 heavy (non-hydrogen) atoms. The van der Waals surface area contributed by atoms with Crippen LogP contribution < -0.4 is 5.32 Å². The lowest BCUT2D eigenvalue weighted by Crippen LogP contribution is -2.11. The number of benzene rings is 2. The quantitative estimate of drug-likeness (QED) is 0.781. The van der Waals surface area contributed by atoms with Crippen molar-refractivity contribution >= 4 is 44.5 Å². The zero-order valence-corrected chi connectivity index (χ0v) is 12.8. The Morgan fingerprint density at radius 1 is 1.15 bits per heavy atom. The first-order valence-electron chi connectivity index (χ1n) is 6.05. The Hall–Kier alpha value is -1.59. The molecule has 0 amide bonds. The van der Waals surface area contributed by atoms with Crippen LogP contribution in [0.5, 0.6) is 0 Å². The van der Waals surface area contributed by atoms with E-state index in [1.165, 1.54) is 6.07 Å². The van der Waals surface area contributed by atoms with E-state index in [0.717, 1.165) is 10.0 Å². The molecule has 100 valence electrons. The summed E-state index contributed by atoms with van der Waals surface area (Å²) in [7, 11) is 0. The molecule has 0 aliphatic carbocycles. The number of hydrogen-bond donors (Lipinski definition) is 1. The maximum Gasteiger partial charge on any atom is 0.134 e. The molecule has 1 aliphatic heterocycles. The maximum atomic E-state index is 14.3. The number of nitrogens with zero attached hydrogens (tertiary/aromatic N) is 1. The zero-order valence-electron chi connectivity index (χ0n) is 10.4. The molecule has 0 radical (unpaired) electrons. The van der Waals surface area contributed by atoms with Crippen LogP contribution in [0.3, 0.4) is 0 Å². The molecule has 2 aromatic carbocycles. The molecule has 3 rings (SSSR count). The van der Waals surface area contributed by atoms with Crippen LogP contribution in [-0.2, 0) is 0 Å². The van der Waals surface area contributed by atoms with Crippen molar-refractivity contribution in [3.8, 4) is 0 Å². The van der Waals surface area contributed by atoms with E-state index in [-0.39, 0.29) is 5.82 Å². The molecule has 1 aliphatic rings. The normalized spacial score (nSPS) is 14.1. The first kappa shape index (κ1) is 13.4. The molecule has 0 saturated carbocycles. The minimum absolute atomic E-state index is 0.311. The standard InChI is InChI=1S/C15H10BrFN2S/c16-10-5-2-1-4-9(10)15-14-11(17)6-3-7-12(14)19-13(20)8-18-15/h1-7H,8H2,(H,19,20). The number of fused-ring (bicyclic) bond motifs is 1. The first-order chi connectivity index (χ1) is 9.66. The summed E-state index contributed by atoms with van der Waals surface area (Å²) in [6.07, 6.45) is 0. The second kappa shape index (κ2) is 5.42. The predicted molar refractivity (Wildman–Crippen MR) is 87.3 cm³/mol. The van der Waals surface area contributed by atoms with Gasteiger partial charge in [0.15, 0.2) is 0 Å². The highest BCUT2D eigenvalue weighted by Gasteiger charge is 2.21. The molecule has 1 heterocycles. The highest BCUT2D eigenvalue weighted by molar-refractivity contribution is 9.10. The van der Waals surface area contributed by atoms with Gasteiger partial charge in [-0.2, -0.15) is 0 Å². The van der Waals surface area contributed by atoms with Gasteiger partial charge in [0.05, 0.1) is 23.5 Å². The molecule has 1 N–H and O–H groups in total. The molecule has 0 fully saturated rings. The van der Waals surface area contributed by atoms with Crippen LogP contribution in [0.2, 0.25) is 0 Å². The first-order valence-corrected chi connectivity index (χ1v) is 7.25. The van der Waals surface area contributed by atoms with Crippen LogP contribution >= 0.6 is 28.1 Å². The number of hydrogen-bond acceptors (Lipinski definition) is 2. The Kier molecular flexibility index (Phi) is 3.63. The van der Waals surface area contributed by atoms with E-state index < -0.39 is 0 Å². The van der Waals surface area contributed by atoms with Crippen LogP contribution in [0, 0.1) is 5.82 Å². The van der Waals surface area contributed by atoms with Gasteiger partial charge in [-0.3, -0.25) is 4.99 Å². The van der Waals surface area contributed by atoms with Gasteiger partial charge in [-0.05, 0) is 18.2 Å². The molecule has 0 saturated heterocycles. The van der Waals surface area contributed by atoms with Gasteiger partial charge in [0, 0.05) is 10.0 Å². The second-order valence-corrected chi connectivity index (χ2v) is 5.70. The van der Waals surface area contributed by atoms with E-state index in [0.29, 0.717) is 28.5 Å². The third kappa shape index (κ3) is 2.39. The van der Waals surface area contributed by atoms with Gasteiger partial charge in [0.25, 0.3) is 0 Å². The van der Waals surface area contributed by atoms with Gasteiger partial charge < -0.3 is 5.32 Å². The molecule has 0 bridgehead atoms. The Morgan fingerprint density at radius 2 is 1.95 bits per heavy atom. The fourth-order valence-corrected chi connectivity index (χ4v) is 2.81. The van der Waals surface area contributed by atoms with Crippen LogP contribution in [-0.4, -0.2) is 17.2 Å². The summed E-state index contributed by atoms with van der Waals surface area (Å²) in [4.78, 5) is 5.06. The summed E-state index contributed by atoms with van der Waals surface area (Å²) in [6.45, 7) is 0.347. The van der Waals surface area contributed by atoms with Gasteiger partial charge in [0.2, 0.25) is 0 Å². The lowest BCUT2D eigenvalue weighted by atomic mass is 10.00. The Morgan fingerprint density at radius 3 is 2.75 bits per heavy atom. The van der Waals surface area contributed by atoms with Gasteiger partial charge in [-0.1, -0.05) is 52.4 Å². The number of halogens is 2. The van der Waals surface area contributed by atoms with E-state index in [1.54, 1.807) is 6.07 Å². The van der Waals surface area contributed by atoms with Crippen LogP contribution in [0.15, 0.2) is 51.9 Å². The van der Waals surface area contributed by atoms with Crippen molar-refractivity contribution in [2.24, 2.45) is 4.99 Å². The Balaban J connectivity index is 2.26. The van der Waals surface area contributed by atoms with Crippen molar-refractivity contribution in [1.82, 2.24) is 0 Å². The number of rotatable bonds is 1. The van der Waals surface area contributed by atoms with E-state index in [4.69, 9.17) is 12.2 Å². The monoisotopic (exact) mass is 348 g/mol. The minimum Gasteiger partial charge on any atom is -0.348 e. The van der Waals surface area contributed by atoms with E-state index in [1.807, 2.05) is 30.3 Å². The van der Waals surface area contributed by atoms with Crippen molar-refractivity contribution in [2.75, 3.05) is 11.9 Å². The lowest BCUT2D eigenvalue weighted by molar-refractivity contribution is 0.626. The second-order valence-electron chi connectivity index (χ2n) is 4.36. The summed E-state index contributed by atoms with van der Waals surface area (Å²) in [5.41, 5.74) is 2.57. The van der Waals surface area contributed by atoms with Crippen molar-refractivity contribution in [3.05, 3.63) is 63.9 Å². The third-order valence-electron chi connectivity index (χ3n) is 3.03. The average Bonchev–Trinajstić information content (AvgIpc) is 2.59. The number of benzodiazepines with no additional fused rings is 1. The summed E-state index contributed by atoms with van der Waals surface area (Å²) >= 11 is 8.69. The van der Waals surface area contributed by atoms with Gasteiger partial charge in [-0.15, -0.1) is 0 Å². The summed E-state index contributed by atoms with van der Waals surface area (Å²) in [5.74, 6) is -0.311. The number of aliphatic imine (C=N–C) groups is 1. The Labute approximate surface area is 129 Å². The molecule has 0 atom stereocenters. The van der Waals surface area contributed by atoms with Gasteiger partial charge >= 0.3 is 0 Å². The van der Waals surface area contributed by atoms with Gasteiger partial charge in [0.1, 0.15) is 10.8 Å². The minimum atomic E-state index is -0.311. The average molecular weight is 349 g/mol. The highest BCUT2D eigenvalue weighted by atomic mass is 79.9.